The second-order valence-electron chi connectivity index (χ2n) is 5.36. The van der Waals surface area contributed by atoms with Gasteiger partial charge in [-0.15, -0.1) is 0 Å². The van der Waals surface area contributed by atoms with Gasteiger partial charge in [-0.05, 0) is 55.5 Å². The maximum absolute atomic E-state index is 9.82. The summed E-state index contributed by atoms with van der Waals surface area (Å²) < 4.78 is 0. The Morgan fingerprint density at radius 3 is 2.30 bits per heavy atom. The number of phenols is 1. The van der Waals surface area contributed by atoms with Gasteiger partial charge in [0.05, 0.1) is 5.69 Å². The molecule has 0 saturated heterocycles. The minimum Gasteiger partial charge on any atom is -0.507 e. The minimum atomic E-state index is 0.238. The van der Waals surface area contributed by atoms with Crippen LogP contribution in [0.2, 0.25) is 0 Å². The molecule has 0 amide bonds. The normalized spacial score (nSPS) is 10.8. The number of anilines is 2. The Morgan fingerprint density at radius 1 is 0.870 bits per heavy atom. The second-order valence-corrected chi connectivity index (χ2v) is 5.36. The number of aliphatic imine (C=N–C) groups is 1. The topological polar surface area (TPSA) is 44.6 Å². The van der Waals surface area contributed by atoms with Gasteiger partial charge in [-0.1, -0.05) is 29.8 Å². The monoisotopic (exact) mass is 302 g/mol. The van der Waals surface area contributed by atoms with Gasteiger partial charge in [0.1, 0.15) is 5.75 Å². The van der Waals surface area contributed by atoms with Crippen molar-refractivity contribution >= 4 is 23.3 Å². The van der Waals surface area contributed by atoms with E-state index in [1.54, 1.807) is 12.3 Å². The molecule has 23 heavy (non-hydrogen) atoms. The van der Waals surface area contributed by atoms with Gasteiger partial charge in [0.2, 0.25) is 0 Å². The summed E-state index contributed by atoms with van der Waals surface area (Å²) in [4.78, 5) is 4.41. The molecule has 2 N–H and O–H groups in total. The summed E-state index contributed by atoms with van der Waals surface area (Å²) in [5.74, 6) is 0.238. The van der Waals surface area contributed by atoms with E-state index in [2.05, 4.69) is 10.3 Å². The van der Waals surface area contributed by atoms with Gasteiger partial charge in [0.25, 0.3) is 0 Å². The van der Waals surface area contributed by atoms with Crippen LogP contribution in [0, 0.1) is 6.92 Å². The van der Waals surface area contributed by atoms with Crippen LogP contribution in [-0.2, 0) is 0 Å². The standard InChI is InChI=1S/C20H18N2O/c1-15-7-12-20(23)16(13-15)14-21-17-8-10-19(11-9-17)22-18-5-3-2-4-6-18/h2-14,22-23H,1H3. The van der Waals surface area contributed by atoms with Crippen molar-refractivity contribution in [1.29, 1.82) is 0 Å². The average molecular weight is 302 g/mol. The van der Waals surface area contributed by atoms with E-state index in [0.717, 1.165) is 28.2 Å². The van der Waals surface area contributed by atoms with Gasteiger partial charge in [-0.2, -0.15) is 0 Å². The number of phenolic OH excluding ortho intramolecular Hbond substituents is 1. The van der Waals surface area contributed by atoms with Crippen molar-refractivity contribution in [2.45, 2.75) is 6.92 Å². The van der Waals surface area contributed by atoms with Crippen molar-refractivity contribution in [3.63, 3.8) is 0 Å². The summed E-state index contributed by atoms with van der Waals surface area (Å²) in [7, 11) is 0. The lowest BCUT2D eigenvalue weighted by Crippen LogP contribution is -1.88. The van der Waals surface area contributed by atoms with Gasteiger partial charge >= 0.3 is 0 Å². The summed E-state index contributed by atoms with van der Waals surface area (Å²) >= 11 is 0. The molecule has 0 heterocycles. The summed E-state index contributed by atoms with van der Waals surface area (Å²) in [6.45, 7) is 1.99. The lowest BCUT2D eigenvalue weighted by Gasteiger charge is -2.06. The number of nitrogens with one attached hydrogen (secondary N) is 1. The minimum absolute atomic E-state index is 0.238. The number of nitrogens with zero attached hydrogens (tertiary/aromatic N) is 1. The molecule has 0 aliphatic rings. The Morgan fingerprint density at radius 2 is 1.57 bits per heavy atom. The fourth-order valence-electron chi connectivity index (χ4n) is 2.24. The zero-order valence-electron chi connectivity index (χ0n) is 12.9. The molecule has 0 atom stereocenters. The van der Waals surface area contributed by atoms with E-state index in [1.165, 1.54) is 0 Å². The molecule has 0 aromatic heterocycles. The molecule has 0 radical (unpaired) electrons. The van der Waals surface area contributed by atoms with E-state index in [0.29, 0.717) is 0 Å². The fraction of sp³-hybridized carbons (Fsp3) is 0.0500. The van der Waals surface area contributed by atoms with Crippen LogP contribution < -0.4 is 5.32 Å². The highest BCUT2D eigenvalue weighted by Crippen LogP contribution is 2.21. The Kier molecular flexibility index (Phi) is 4.39. The molecule has 3 rings (SSSR count). The predicted molar refractivity (Wildman–Crippen MR) is 96.3 cm³/mol. The SMILES string of the molecule is Cc1ccc(O)c(C=Nc2ccc(Nc3ccccc3)cc2)c1. The molecule has 0 unspecified atom stereocenters. The van der Waals surface area contributed by atoms with Crippen molar-refractivity contribution in [1.82, 2.24) is 0 Å². The van der Waals surface area contributed by atoms with Crippen LogP contribution >= 0.6 is 0 Å². The molecule has 3 aromatic carbocycles. The molecule has 3 heteroatoms. The van der Waals surface area contributed by atoms with Gasteiger partial charge in [-0.3, -0.25) is 4.99 Å². The van der Waals surface area contributed by atoms with Crippen molar-refractivity contribution in [3.05, 3.63) is 83.9 Å². The van der Waals surface area contributed by atoms with E-state index < -0.39 is 0 Å². The Labute approximate surface area is 136 Å². The van der Waals surface area contributed by atoms with E-state index >= 15 is 0 Å². The molecule has 0 bridgehead atoms. The summed E-state index contributed by atoms with van der Waals surface area (Å²) in [6.07, 6.45) is 1.68. The third kappa shape index (κ3) is 3.98. The Hall–Kier alpha value is -3.07. The quantitative estimate of drug-likeness (QED) is 0.651. The second kappa shape index (κ2) is 6.79. The first-order chi connectivity index (χ1) is 11.2. The number of hydrogen-bond acceptors (Lipinski definition) is 3. The summed E-state index contributed by atoms with van der Waals surface area (Å²) in [5, 5.41) is 13.1. The van der Waals surface area contributed by atoms with Crippen LogP contribution in [-0.4, -0.2) is 11.3 Å². The highest BCUT2D eigenvalue weighted by molar-refractivity contribution is 5.85. The summed E-state index contributed by atoms with van der Waals surface area (Å²) in [6, 6.07) is 23.3. The largest absolute Gasteiger partial charge is 0.507 e. The van der Waals surface area contributed by atoms with Crippen LogP contribution in [0.5, 0.6) is 5.75 Å². The average Bonchev–Trinajstić information content (AvgIpc) is 2.58. The maximum atomic E-state index is 9.82. The first-order valence-corrected chi connectivity index (χ1v) is 7.46. The molecule has 0 aliphatic carbocycles. The number of aryl methyl sites for hydroxylation is 1. The van der Waals surface area contributed by atoms with E-state index in [9.17, 15) is 5.11 Å². The highest BCUT2D eigenvalue weighted by atomic mass is 16.3. The molecule has 114 valence electrons. The van der Waals surface area contributed by atoms with Crippen molar-refractivity contribution < 1.29 is 5.11 Å². The lowest BCUT2D eigenvalue weighted by molar-refractivity contribution is 0.474. The van der Waals surface area contributed by atoms with Gasteiger partial charge in [0, 0.05) is 23.2 Å². The van der Waals surface area contributed by atoms with Crippen molar-refractivity contribution in [2.24, 2.45) is 4.99 Å². The molecule has 0 aliphatic heterocycles. The molecule has 0 fully saturated rings. The maximum Gasteiger partial charge on any atom is 0.124 e. The van der Waals surface area contributed by atoms with E-state index in [4.69, 9.17) is 0 Å². The van der Waals surface area contributed by atoms with Crippen LogP contribution in [0.4, 0.5) is 17.1 Å². The molecular formula is C20H18N2O. The molecule has 0 spiro atoms. The lowest BCUT2D eigenvalue weighted by atomic mass is 10.1. The van der Waals surface area contributed by atoms with Crippen LogP contribution in [0.25, 0.3) is 0 Å². The van der Waals surface area contributed by atoms with E-state index in [1.807, 2.05) is 73.7 Å². The van der Waals surface area contributed by atoms with Crippen molar-refractivity contribution in [2.75, 3.05) is 5.32 Å². The first-order valence-electron chi connectivity index (χ1n) is 7.46. The van der Waals surface area contributed by atoms with Crippen molar-refractivity contribution in [3.8, 4) is 5.75 Å². The van der Waals surface area contributed by atoms with E-state index in [-0.39, 0.29) is 5.75 Å². The van der Waals surface area contributed by atoms with Gasteiger partial charge in [-0.25, -0.2) is 0 Å². The molecular weight excluding hydrogens is 284 g/mol. The van der Waals surface area contributed by atoms with Crippen LogP contribution in [0.15, 0.2) is 77.8 Å². The van der Waals surface area contributed by atoms with Crippen LogP contribution in [0.1, 0.15) is 11.1 Å². The molecule has 3 nitrogen and oxygen atoms in total. The first kappa shape index (κ1) is 14.9. The third-order valence-electron chi connectivity index (χ3n) is 3.47. The zero-order chi connectivity index (χ0) is 16.1. The Bertz CT molecular complexity index is 809. The number of aromatic hydroxyl groups is 1. The van der Waals surface area contributed by atoms with Gasteiger partial charge in [0.15, 0.2) is 0 Å². The third-order valence-corrected chi connectivity index (χ3v) is 3.47. The number of benzene rings is 3. The smallest absolute Gasteiger partial charge is 0.124 e. The Balaban J connectivity index is 1.72. The molecule has 0 saturated carbocycles. The number of rotatable bonds is 4. The zero-order valence-corrected chi connectivity index (χ0v) is 12.9. The molecule has 3 aromatic rings. The number of hydrogen-bond donors (Lipinski definition) is 2. The van der Waals surface area contributed by atoms with Crippen LogP contribution in [0.3, 0.4) is 0 Å². The predicted octanol–water partition coefficient (Wildman–Crippen LogP) is 5.19. The summed E-state index contributed by atoms with van der Waals surface area (Å²) in [5.41, 5.74) is 4.70. The highest BCUT2D eigenvalue weighted by Gasteiger charge is 1.98. The fourth-order valence-corrected chi connectivity index (χ4v) is 2.24. The number of para-hydroxylation sites is 1. The van der Waals surface area contributed by atoms with Gasteiger partial charge < -0.3 is 10.4 Å².